The van der Waals surface area contributed by atoms with Crippen LogP contribution in [0.4, 0.5) is 0 Å². The average molecular weight is 241 g/mol. The van der Waals surface area contributed by atoms with Crippen LogP contribution in [0.25, 0.3) is 0 Å². The molecule has 0 amide bonds. The molecule has 1 N–H and O–H groups in total. The van der Waals surface area contributed by atoms with Crippen LogP contribution < -0.4 is 5.32 Å². The van der Waals surface area contributed by atoms with Crippen molar-refractivity contribution >= 4 is 0 Å². The van der Waals surface area contributed by atoms with Crippen molar-refractivity contribution in [1.29, 1.82) is 0 Å². The lowest BCUT2D eigenvalue weighted by Crippen LogP contribution is -2.46. The average Bonchev–Trinajstić information content (AvgIpc) is 2.41. The molecule has 0 aromatic heterocycles. The zero-order chi connectivity index (χ0) is 11.9. The number of ether oxygens (including phenoxy) is 1. The van der Waals surface area contributed by atoms with Gasteiger partial charge in [0.25, 0.3) is 0 Å². The Labute approximate surface area is 105 Å². The molecule has 2 heterocycles. The Morgan fingerprint density at radius 1 is 1.06 bits per heavy atom. The van der Waals surface area contributed by atoms with Crippen molar-refractivity contribution in [3.05, 3.63) is 0 Å². The third-order valence-corrected chi connectivity index (χ3v) is 4.00. The Morgan fingerprint density at radius 3 is 2.41 bits per heavy atom. The van der Waals surface area contributed by atoms with Gasteiger partial charge in [0.15, 0.2) is 0 Å². The topological polar surface area (TPSA) is 27.7 Å². The molecule has 0 saturated carbocycles. The molecule has 0 atom stereocenters. The van der Waals surface area contributed by atoms with E-state index in [0.717, 1.165) is 38.9 Å². The van der Waals surface area contributed by atoms with Crippen molar-refractivity contribution < 1.29 is 4.74 Å². The Hall–Kier alpha value is -0.160. The number of nitrogens with zero attached hydrogens (tertiary/aromatic N) is 2. The summed E-state index contributed by atoms with van der Waals surface area (Å²) in [6.07, 6.45) is 2.63. The van der Waals surface area contributed by atoms with E-state index in [0.29, 0.717) is 0 Å². The van der Waals surface area contributed by atoms with Gasteiger partial charge in [-0.05, 0) is 32.5 Å². The molecule has 0 spiro atoms. The van der Waals surface area contributed by atoms with Gasteiger partial charge < -0.3 is 15.0 Å². The fourth-order valence-corrected chi connectivity index (χ4v) is 2.70. The Morgan fingerprint density at radius 2 is 1.76 bits per heavy atom. The van der Waals surface area contributed by atoms with Gasteiger partial charge in [0.05, 0.1) is 13.2 Å². The monoisotopic (exact) mass is 241 g/mol. The summed E-state index contributed by atoms with van der Waals surface area (Å²) in [6.45, 7) is 12.4. The summed E-state index contributed by atoms with van der Waals surface area (Å²) in [5.74, 6) is 0. The molecular weight excluding hydrogens is 214 g/mol. The van der Waals surface area contributed by atoms with Crippen LogP contribution in [0, 0.1) is 0 Å². The van der Waals surface area contributed by atoms with Crippen molar-refractivity contribution in [2.75, 3.05) is 59.0 Å². The second kappa shape index (κ2) is 7.31. The molecule has 4 heteroatoms. The molecule has 0 unspecified atom stereocenters. The minimum atomic E-state index is 0.749. The van der Waals surface area contributed by atoms with E-state index in [9.17, 15) is 0 Å². The maximum atomic E-state index is 5.35. The highest BCUT2D eigenvalue weighted by Gasteiger charge is 2.17. The van der Waals surface area contributed by atoms with Crippen molar-refractivity contribution in [2.45, 2.75) is 25.8 Å². The summed E-state index contributed by atoms with van der Waals surface area (Å²) >= 11 is 0. The van der Waals surface area contributed by atoms with Crippen molar-refractivity contribution in [1.82, 2.24) is 15.1 Å². The van der Waals surface area contributed by atoms with E-state index >= 15 is 0 Å². The van der Waals surface area contributed by atoms with Gasteiger partial charge in [0, 0.05) is 32.2 Å². The van der Waals surface area contributed by atoms with Gasteiger partial charge in [0.1, 0.15) is 0 Å². The molecule has 0 aliphatic carbocycles. The molecule has 2 saturated heterocycles. The van der Waals surface area contributed by atoms with Gasteiger partial charge in [-0.1, -0.05) is 6.92 Å². The Balaban J connectivity index is 1.53. The first-order valence-electron chi connectivity index (χ1n) is 7.14. The number of hydrogen-bond acceptors (Lipinski definition) is 4. The van der Waals surface area contributed by atoms with Crippen LogP contribution >= 0.6 is 0 Å². The molecule has 2 rings (SSSR count). The van der Waals surface area contributed by atoms with Gasteiger partial charge in [-0.3, -0.25) is 4.90 Å². The summed E-state index contributed by atoms with van der Waals surface area (Å²) in [4.78, 5) is 5.04. The summed E-state index contributed by atoms with van der Waals surface area (Å²) in [6, 6.07) is 0.749. The van der Waals surface area contributed by atoms with Crippen molar-refractivity contribution in [3.8, 4) is 0 Å². The number of morpholine rings is 1. The molecule has 100 valence electrons. The van der Waals surface area contributed by atoms with Crippen LogP contribution in [0.3, 0.4) is 0 Å². The van der Waals surface area contributed by atoms with E-state index in [1.54, 1.807) is 0 Å². The molecule has 0 bridgehead atoms. The summed E-state index contributed by atoms with van der Waals surface area (Å²) in [5, 5.41) is 3.70. The molecule has 0 aromatic rings. The van der Waals surface area contributed by atoms with E-state index in [1.807, 2.05) is 0 Å². The molecule has 17 heavy (non-hydrogen) atoms. The zero-order valence-electron chi connectivity index (χ0n) is 11.2. The summed E-state index contributed by atoms with van der Waals surface area (Å²) in [7, 11) is 0. The number of piperidine rings is 1. The van der Waals surface area contributed by atoms with Crippen LogP contribution in [0.2, 0.25) is 0 Å². The van der Waals surface area contributed by atoms with Gasteiger partial charge in [-0.2, -0.15) is 0 Å². The molecule has 2 aliphatic heterocycles. The predicted octanol–water partition coefficient (Wildman–Crippen LogP) is 0.393. The van der Waals surface area contributed by atoms with Crippen molar-refractivity contribution in [3.63, 3.8) is 0 Å². The molecule has 0 aromatic carbocycles. The number of nitrogens with one attached hydrogen (secondary N) is 1. The SMILES string of the molecule is CCN1CCC(NCCN2CCOCC2)CC1. The molecule has 2 fully saturated rings. The lowest BCUT2D eigenvalue weighted by atomic mass is 10.1. The first-order chi connectivity index (χ1) is 8.38. The number of hydrogen-bond donors (Lipinski definition) is 1. The molecular formula is C13H27N3O. The van der Waals surface area contributed by atoms with Crippen LogP contribution in [-0.4, -0.2) is 74.9 Å². The standard InChI is InChI=1S/C13H27N3O/c1-2-15-6-3-13(4-7-15)14-5-8-16-9-11-17-12-10-16/h13-14H,2-12H2,1H3. The minimum absolute atomic E-state index is 0.749. The largest absolute Gasteiger partial charge is 0.379 e. The third-order valence-electron chi connectivity index (χ3n) is 4.00. The number of likely N-dealkylation sites (tertiary alicyclic amines) is 1. The van der Waals surface area contributed by atoms with Gasteiger partial charge in [-0.25, -0.2) is 0 Å². The lowest BCUT2D eigenvalue weighted by Gasteiger charge is -2.32. The van der Waals surface area contributed by atoms with Crippen LogP contribution in [0.5, 0.6) is 0 Å². The normalized spacial score (nSPS) is 25.2. The molecule has 4 nitrogen and oxygen atoms in total. The smallest absolute Gasteiger partial charge is 0.0594 e. The fraction of sp³-hybridized carbons (Fsp3) is 1.00. The van der Waals surface area contributed by atoms with Gasteiger partial charge in [0.2, 0.25) is 0 Å². The van der Waals surface area contributed by atoms with E-state index < -0.39 is 0 Å². The second-order valence-corrected chi connectivity index (χ2v) is 5.12. The van der Waals surface area contributed by atoms with E-state index in [1.165, 1.54) is 39.0 Å². The summed E-state index contributed by atoms with van der Waals surface area (Å²) < 4.78 is 5.35. The fourth-order valence-electron chi connectivity index (χ4n) is 2.70. The zero-order valence-corrected chi connectivity index (χ0v) is 11.2. The highest BCUT2D eigenvalue weighted by Crippen LogP contribution is 2.09. The first kappa shape index (κ1) is 13.3. The van der Waals surface area contributed by atoms with Crippen LogP contribution in [-0.2, 0) is 4.74 Å². The number of rotatable bonds is 5. The van der Waals surface area contributed by atoms with E-state index in [-0.39, 0.29) is 0 Å². The van der Waals surface area contributed by atoms with Crippen LogP contribution in [0.15, 0.2) is 0 Å². The molecule has 0 radical (unpaired) electrons. The first-order valence-corrected chi connectivity index (χ1v) is 7.14. The Kier molecular flexibility index (Phi) is 5.71. The lowest BCUT2D eigenvalue weighted by molar-refractivity contribution is 0.0378. The van der Waals surface area contributed by atoms with Gasteiger partial charge in [-0.15, -0.1) is 0 Å². The Bertz CT molecular complexity index is 199. The van der Waals surface area contributed by atoms with E-state index in [4.69, 9.17) is 4.74 Å². The maximum Gasteiger partial charge on any atom is 0.0594 e. The molecule has 2 aliphatic rings. The quantitative estimate of drug-likeness (QED) is 0.754. The minimum Gasteiger partial charge on any atom is -0.379 e. The summed E-state index contributed by atoms with van der Waals surface area (Å²) in [5.41, 5.74) is 0. The highest BCUT2D eigenvalue weighted by atomic mass is 16.5. The van der Waals surface area contributed by atoms with Crippen molar-refractivity contribution in [2.24, 2.45) is 0 Å². The maximum absolute atomic E-state index is 5.35. The predicted molar refractivity (Wildman–Crippen MR) is 70.4 cm³/mol. The third kappa shape index (κ3) is 4.54. The van der Waals surface area contributed by atoms with E-state index in [2.05, 4.69) is 22.0 Å². The van der Waals surface area contributed by atoms with Crippen LogP contribution in [0.1, 0.15) is 19.8 Å². The second-order valence-electron chi connectivity index (χ2n) is 5.12. The highest BCUT2D eigenvalue weighted by molar-refractivity contribution is 4.77. The van der Waals surface area contributed by atoms with Gasteiger partial charge >= 0.3 is 0 Å².